The summed E-state index contributed by atoms with van der Waals surface area (Å²) in [5.41, 5.74) is 6.22. The van der Waals surface area contributed by atoms with Crippen molar-refractivity contribution >= 4 is 17.2 Å². The Hall–Kier alpha value is -0.940. The second-order valence-corrected chi connectivity index (χ2v) is 5.68. The maximum atomic E-state index is 10.6. The lowest BCUT2D eigenvalue weighted by Gasteiger charge is -2.12. The number of aromatic nitrogens is 1. The van der Waals surface area contributed by atoms with Crippen LogP contribution in [0, 0.1) is 13.8 Å². The van der Waals surface area contributed by atoms with Gasteiger partial charge in [0, 0.05) is 17.3 Å². The standard InChI is InChI=1S/C12H21N3OS/c1-8(12-9(2)17-10(3)15-12)14-7-5-4-6-11(13)16/h8,14H,4-7H2,1-3H3,(H2,13,16). The third-order valence-electron chi connectivity index (χ3n) is 2.65. The Balaban J connectivity index is 2.28. The molecule has 1 aromatic heterocycles. The van der Waals surface area contributed by atoms with E-state index in [0.717, 1.165) is 30.1 Å². The molecule has 0 aliphatic carbocycles. The molecule has 0 aliphatic heterocycles. The second kappa shape index (κ2) is 6.71. The molecule has 0 spiro atoms. The molecule has 0 aliphatic rings. The lowest BCUT2D eigenvalue weighted by Crippen LogP contribution is -2.21. The Morgan fingerprint density at radius 3 is 2.71 bits per heavy atom. The van der Waals surface area contributed by atoms with Crippen molar-refractivity contribution in [3.63, 3.8) is 0 Å². The van der Waals surface area contributed by atoms with Crippen LogP contribution in [0.25, 0.3) is 0 Å². The number of hydrogen-bond donors (Lipinski definition) is 2. The van der Waals surface area contributed by atoms with Gasteiger partial charge in [-0.05, 0) is 40.2 Å². The summed E-state index contributed by atoms with van der Waals surface area (Å²) >= 11 is 1.73. The molecule has 1 heterocycles. The fourth-order valence-electron chi connectivity index (χ4n) is 1.79. The van der Waals surface area contributed by atoms with Crippen LogP contribution in [0.2, 0.25) is 0 Å². The van der Waals surface area contributed by atoms with E-state index in [9.17, 15) is 4.79 Å². The number of carbonyl (C=O) groups excluding carboxylic acids is 1. The molecule has 3 N–H and O–H groups in total. The molecule has 1 amide bonds. The third kappa shape index (κ3) is 4.83. The Bertz CT molecular complexity index is 376. The number of nitrogens with zero attached hydrogens (tertiary/aromatic N) is 1. The van der Waals surface area contributed by atoms with Gasteiger partial charge in [-0.25, -0.2) is 4.98 Å². The third-order valence-corrected chi connectivity index (χ3v) is 3.55. The van der Waals surface area contributed by atoms with Crippen molar-refractivity contribution in [2.75, 3.05) is 6.54 Å². The molecule has 0 aromatic carbocycles. The molecule has 1 atom stereocenters. The van der Waals surface area contributed by atoms with Crippen molar-refractivity contribution in [3.05, 3.63) is 15.6 Å². The normalized spacial score (nSPS) is 12.6. The van der Waals surface area contributed by atoms with Crippen molar-refractivity contribution in [2.24, 2.45) is 5.73 Å². The molecule has 0 radical (unpaired) electrons. The minimum absolute atomic E-state index is 0.219. The Morgan fingerprint density at radius 1 is 1.47 bits per heavy atom. The molecule has 0 saturated carbocycles. The number of aryl methyl sites for hydroxylation is 2. The van der Waals surface area contributed by atoms with E-state index in [0.29, 0.717) is 6.42 Å². The van der Waals surface area contributed by atoms with Gasteiger partial charge >= 0.3 is 0 Å². The first kappa shape index (κ1) is 14.1. The van der Waals surface area contributed by atoms with Crippen LogP contribution in [0.15, 0.2) is 0 Å². The summed E-state index contributed by atoms with van der Waals surface area (Å²) in [6.45, 7) is 7.14. The topological polar surface area (TPSA) is 68.0 Å². The number of primary amides is 1. The summed E-state index contributed by atoms with van der Waals surface area (Å²) in [5, 5.41) is 4.53. The van der Waals surface area contributed by atoms with E-state index >= 15 is 0 Å². The van der Waals surface area contributed by atoms with Gasteiger partial charge in [0.05, 0.1) is 10.7 Å². The van der Waals surface area contributed by atoms with E-state index in [1.54, 1.807) is 11.3 Å². The Kier molecular flexibility index (Phi) is 5.58. The van der Waals surface area contributed by atoms with Gasteiger partial charge in [-0.2, -0.15) is 0 Å². The molecule has 0 bridgehead atoms. The fraction of sp³-hybridized carbons (Fsp3) is 0.667. The van der Waals surface area contributed by atoms with E-state index in [-0.39, 0.29) is 11.9 Å². The number of unbranched alkanes of at least 4 members (excludes halogenated alkanes) is 1. The minimum atomic E-state index is -0.219. The van der Waals surface area contributed by atoms with Crippen molar-refractivity contribution < 1.29 is 4.79 Å². The Morgan fingerprint density at radius 2 is 2.18 bits per heavy atom. The molecule has 1 unspecified atom stereocenters. The van der Waals surface area contributed by atoms with Crippen molar-refractivity contribution in [1.82, 2.24) is 10.3 Å². The highest BCUT2D eigenvalue weighted by Crippen LogP contribution is 2.22. The monoisotopic (exact) mass is 255 g/mol. The summed E-state index contributed by atoms with van der Waals surface area (Å²) in [6, 6.07) is 0.272. The number of hydrogen-bond acceptors (Lipinski definition) is 4. The zero-order valence-electron chi connectivity index (χ0n) is 10.7. The molecule has 5 heteroatoms. The van der Waals surface area contributed by atoms with Crippen LogP contribution in [0.3, 0.4) is 0 Å². The SMILES string of the molecule is Cc1nc(C(C)NCCCCC(N)=O)c(C)s1. The van der Waals surface area contributed by atoms with Gasteiger partial charge in [-0.3, -0.25) is 4.79 Å². The van der Waals surface area contributed by atoms with Gasteiger partial charge in [0.25, 0.3) is 0 Å². The fourth-order valence-corrected chi connectivity index (χ4v) is 2.70. The zero-order valence-corrected chi connectivity index (χ0v) is 11.6. The average molecular weight is 255 g/mol. The largest absolute Gasteiger partial charge is 0.370 e. The smallest absolute Gasteiger partial charge is 0.217 e. The number of nitrogens with two attached hydrogens (primary N) is 1. The number of amides is 1. The van der Waals surface area contributed by atoms with Crippen molar-refractivity contribution in [2.45, 2.75) is 46.1 Å². The van der Waals surface area contributed by atoms with Crippen LogP contribution in [-0.4, -0.2) is 17.4 Å². The van der Waals surface area contributed by atoms with Gasteiger partial charge in [0.1, 0.15) is 0 Å². The van der Waals surface area contributed by atoms with E-state index in [1.807, 2.05) is 6.92 Å². The first-order valence-electron chi connectivity index (χ1n) is 5.96. The van der Waals surface area contributed by atoms with Gasteiger partial charge in [0.2, 0.25) is 5.91 Å². The summed E-state index contributed by atoms with van der Waals surface area (Å²) in [7, 11) is 0. The maximum absolute atomic E-state index is 10.6. The molecule has 96 valence electrons. The lowest BCUT2D eigenvalue weighted by atomic mass is 10.2. The summed E-state index contributed by atoms with van der Waals surface area (Å²) < 4.78 is 0. The summed E-state index contributed by atoms with van der Waals surface area (Å²) in [4.78, 5) is 16.4. The predicted molar refractivity (Wildman–Crippen MR) is 71.1 cm³/mol. The Labute approximate surface area is 107 Å². The highest BCUT2D eigenvalue weighted by Gasteiger charge is 2.11. The van der Waals surface area contributed by atoms with E-state index in [2.05, 4.69) is 24.1 Å². The van der Waals surface area contributed by atoms with Gasteiger partial charge in [-0.1, -0.05) is 0 Å². The van der Waals surface area contributed by atoms with Gasteiger partial charge in [0.15, 0.2) is 0 Å². The van der Waals surface area contributed by atoms with Crippen LogP contribution in [-0.2, 0) is 4.79 Å². The van der Waals surface area contributed by atoms with Crippen LogP contribution >= 0.6 is 11.3 Å². The first-order chi connectivity index (χ1) is 8.00. The molecule has 17 heavy (non-hydrogen) atoms. The number of nitrogens with one attached hydrogen (secondary N) is 1. The van der Waals surface area contributed by atoms with Crippen molar-refractivity contribution in [3.8, 4) is 0 Å². The molecular formula is C12H21N3OS. The van der Waals surface area contributed by atoms with E-state index in [4.69, 9.17) is 5.73 Å². The number of thiazole rings is 1. The van der Waals surface area contributed by atoms with Crippen LogP contribution in [0.4, 0.5) is 0 Å². The quantitative estimate of drug-likeness (QED) is 0.733. The van der Waals surface area contributed by atoms with Gasteiger partial charge < -0.3 is 11.1 Å². The summed E-state index contributed by atoms with van der Waals surface area (Å²) in [6.07, 6.45) is 2.30. The second-order valence-electron chi connectivity index (χ2n) is 4.27. The molecule has 1 rings (SSSR count). The highest BCUT2D eigenvalue weighted by molar-refractivity contribution is 7.11. The minimum Gasteiger partial charge on any atom is -0.370 e. The molecular weight excluding hydrogens is 234 g/mol. The maximum Gasteiger partial charge on any atom is 0.217 e. The molecule has 4 nitrogen and oxygen atoms in total. The lowest BCUT2D eigenvalue weighted by molar-refractivity contribution is -0.118. The number of carbonyl (C=O) groups is 1. The van der Waals surface area contributed by atoms with Crippen LogP contribution < -0.4 is 11.1 Å². The van der Waals surface area contributed by atoms with Gasteiger partial charge in [-0.15, -0.1) is 11.3 Å². The van der Waals surface area contributed by atoms with Crippen LogP contribution in [0.5, 0.6) is 0 Å². The molecule has 0 saturated heterocycles. The predicted octanol–water partition coefficient (Wildman–Crippen LogP) is 2.07. The summed E-state index contributed by atoms with van der Waals surface area (Å²) in [5.74, 6) is -0.219. The molecule has 1 aromatic rings. The number of rotatable bonds is 7. The van der Waals surface area contributed by atoms with Crippen molar-refractivity contribution in [1.29, 1.82) is 0 Å². The van der Waals surface area contributed by atoms with Crippen LogP contribution in [0.1, 0.15) is 47.8 Å². The first-order valence-corrected chi connectivity index (χ1v) is 6.78. The highest BCUT2D eigenvalue weighted by atomic mass is 32.1. The average Bonchev–Trinajstić information content (AvgIpc) is 2.56. The molecule has 0 fully saturated rings. The zero-order chi connectivity index (χ0) is 12.8. The van der Waals surface area contributed by atoms with E-state index in [1.165, 1.54) is 4.88 Å². The van der Waals surface area contributed by atoms with E-state index < -0.39 is 0 Å².